The lowest BCUT2D eigenvalue weighted by atomic mass is 9.74. The Labute approximate surface area is 235 Å². The number of nitrogens with one attached hydrogen (secondary N) is 2. The van der Waals surface area contributed by atoms with E-state index >= 15 is 0 Å². The van der Waals surface area contributed by atoms with Crippen molar-refractivity contribution in [2.45, 2.75) is 38.1 Å². The van der Waals surface area contributed by atoms with E-state index in [1.54, 1.807) is 14.2 Å². The van der Waals surface area contributed by atoms with Crippen LogP contribution >= 0.6 is 0 Å². The first kappa shape index (κ1) is 25.8. The number of nitrogens with two attached hydrogens (primary N) is 1. The summed E-state index contributed by atoms with van der Waals surface area (Å²) < 4.78 is 11.5. The molecule has 0 fully saturated rings. The highest BCUT2D eigenvalue weighted by Crippen LogP contribution is 2.56. The van der Waals surface area contributed by atoms with Gasteiger partial charge in [0.1, 0.15) is 11.6 Å². The third-order valence-electron chi connectivity index (χ3n) is 8.58. The summed E-state index contributed by atoms with van der Waals surface area (Å²) in [5, 5.41) is 22.9. The van der Waals surface area contributed by atoms with Crippen molar-refractivity contribution in [3.05, 3.63) is 106 Å². The van der Waals surface area contributed by atoms with Gasteiger partial charge in [-0.2, -0.15) is 0 Å². The van der Waals surface area contributed by atoms with Gasteiger partial charge in [-0.25, -0.2) is 0 Å². The maximum Gasteiger partial charge on any atom is 0.160 e. The average Bonchev–Trinajstić information content (AvgIpc) is 3.36. The Bertz CT molecular complexity index is 1630. The Balaban J connectivity index is 1.59. The Morgan fingerprint density at radius 3 is 2.40 bits per heavy atom. The van der Waals surface area contributed by atoms with E-state index < -0.39 is 0 Å². The average molecular weight is 534 g/mol. The van der Waals surface area contributed by atoms with Crippen molar-refractivity contribution >= 4 is 11.5 Å². The maximum absolute atomic E-state index is 11.0. The Kier molecular flexibility index (Phi) is 6.41. The summed E-state index contributed by atoms with van der Waals surface area (Å²) in [6.07, 6.45) is 0.897. The van der Waals surface area contributed by atoms with Crippen LogP contribution in [-0.4, -0.2) is 25.2 Å². The lowest BCUT2D eigenvalue weighted by molar-refractivity contribution is 0.370. The Morgan fingerprint density at radius 2 is 1.68 bits per heavy atom. The largest absolute Gasteiger partial charge is 0.504 e. The zero-order chi connectivity index (χ0) is 28.1. The standard InChI is InChI=1S/C34H35N3O3/c1-18(2)19-10-12-30(39-3)24(13-19)23-16-29(38)31(40-4)17-25(23)33-27-14-20-7-5-6-8-22(20)32(27)26-15-21(34(35)36)9-11-28(26)37-33/h5-13,15-18,27,32-33,37-38H,14H2,1-4H3,(H3,35,36). The summed E-state index contributed by atoms with van der Waals surface area (Å²) in [7, 11) is 3.27. The predicted octanol–water partition coefficient (Wildman–Crippen LogP) is 6.95. The second-order valence-corrected chi connectivity index (χ2v) is 11.1. The molecule has 5 N–H and O–H groups in total. The van der Waals surface area contributed by atoms with Gasteiger partial charge < -0.3 is 25.6 Å². The van der Waals surface area contributed by atoms with Gasteiger partial charge in [0.25, 0.3) is 0 Å². The van der Waals surface area contributed by atoms with E-state index in [1.165, 1.54) is 16.7 Å². The topological polar surface area (TPSA) is 101 Å². The zero-order valence-electron chi connectivity index (χ0n) is 23.3. The highest BCUT2D eigenvalue weighted by atomic mass is 16.5. The van der Waals surface area contributed by atoms with Crippen molar-refractivity contribution in [2.24, 2.45) is 11.7 Å². The summed E-state index contributed by atoms with van der Waals surface area (Å²) >= 11 is 0. The number of aromatic hydroxyl groups is 1. The predicted molar refractivity (Wildman–Crippen MR) is 160 cm³/mol. The van der Waals surface area contributed by atoms with Crippen molar-refractivity contribution in [3.8, 4) is 28.4 Å². The van der Waals surface area contributed by atoms with Gasteiger partial charge in [0.2, 0.25) is 0 Å². The molecule has 0 saturated carbocycles. The minimum Gasteiger partial charge on any atom is -0.504 e. The van der Waals surface area contributed by atoms with Gasteiger partial charge in [0.05, 0.1) is 20.3 Å². The summed E-state index contributed by atoms with van der Waals surface area (Å²) in [5.41, 5.74) is 15.5. The number of methoxy groups -OCH3 is 2. The minimum absolute atomic E-state index is 0.0652. The number of phenolic OH excluding ortho intramolecular Hbond substituents is 1. The van der Waals surface area contributed by atoms with Crippen LogP contribution in [-0.2, 0) is 6.42 Å². The molecule has 4 aromatic rings. The molecule has 0 saturated heterocycles. The van der Waals surface area contributed by atoms with Crippen LogP contribution in [0.25, 0.3) is 11.1 Å². The first-order valence-corrected chi connectivity index (χ1v) is 13.7. The zero-order valence-corrected chi connectivity index (χ0v) is 23.3. The van der Waals surface area contributed by atoms with E-state index in [1.807, 2.05) is 30.3 Å². The van der Waals surface area contributed by atoms with Gasteiger partial charge in [-0.1, -0.05) is 44.2 Å². The molecule has 2 aliphatic rings. The quantitative estimate of drug-likeness (QED) is 0.159. The second-order valence-electron chi connectivity index (χ2n) is 11.1. The molecule has 0 amide bonds. The number of fused-ring (bicyclic) bond motifs is 5. The number of nitrogen functional groups attached to an aromatic ring is 1. The third-order valence-corrected chi connectivity index (χ3v) is 8.58. The number of benzene rings is 4. The summed E-state index contributed by atoms with van der Waals surface area (Å²) in [4.78, 5) is 0. The number of hydrogen-bond acceptors (Lipinski definition) is 5. The number of amidine groups is 1. The van der Waals surface area contributed by atoms with Crippen LogP contribution in [0.2, 0.25) is 0 Å². The van der Waals surface area contributed by atoms with Crippen LogP contribution in [0.4, 0.5) is 5.69 Å². The molecule has 0 bridgehead atoms. The maximum atomic E-state index is 11.0. The van der Waals surface area contributed by atoms with Gasteiger partial charge in [-0.15, -0.1) is 0 Å². The fourth-order valence-electron chi connectivity index (χ4n) is 6.57. The number of phenols is 1. The first-order valence-electron chi connectivity index (χ1n) is 13.7. The second kappa shape index (κ2) is 9.94. The first-order chi connectivity index (χ1) is 19.3. The van der Waals surface area contributed by atoms with Crippen molar-refractivity contribution in [2.75, 3.05) is 19.5 Å². The molecule has 0 radical (unpaired) electrons. The molecule has 0 spiro atoms. The van der Waals surface area contributed by atoms with Crippen LogP contribution in [0.3, 0.4) is 0 Å². The number of rotatable bonds is 6. The molecule has 6 rings (SSSR count). The highest BCUT2D eigenvalue weighted by molar-refractivity contribution is 5.96. The van der Waals surface area contributed by atoms with Crippen molar-refractivity contribution in [1.29, 1.82) is 5.41 Å². The molecule has 204 valence electrons. The minimum atomic E-state index is -0.0787. The number of hydrogen-bond donors (Lipinski definition) is 4. The SMILES string of the molecule is COc1cc(C2Nc3ccc(C(=N)N)cc3C3c4ccccc4CC23)c(-c2cc(C(C)C)ccc2OC)cc1O. The van der Waals surface area contributed by atoms with E-state index in [-0.39, 0.29) is 29.5 Å². The van der Waals surface area contributed by atoms with Crippen LogP contribution in [0.15, 0.2) is 72.8 Å². The van der Waals surface area contributed by atoms with E-state index in [2.05, 4.69) is 61.6 Å². The molecule has 3 unspecified atom stereocenters. The molecule has 1 aliphatic heterocycles. The summed E-state index contributed by atoms with van der Waals surface area (Å²) in [6, 6.07) is 24.6. The number of ether oxygens (including phenoxy) is 2. The fourth-order valence-corrected chi connectivity index (χ4v) is 6.57. The van der Waals surface area contributed by atoms with E-state index in [0.717, 1.165) is 45.7 Å². The van der Waals surface area contributed by atoms with E-state index in [0.29, 0.717) is 11.7 Å². The molecule has 1 aliphatic carbocycles. The Hall–Kier alpha value is -4.45. The highest BCUT2D eigenvalue weighted by Gasteiger charge is 2.44. The molecule has 6 nitrogen and oxygen atoms in total. The molecular weight excluding hydrogens is 498 g/mol. The van der Waals surface area contributed by atoms with Crippen molar-refractivity contribution in [3.63, 3.8) is 0 Å². The van der Waals surface area contributed by atoms with Gasteiger partial charge in [0, 0.05) is 22.7 Å². The van der Waals surface area contributed by atoms with E-state index in [9.17, 15) is 5.11 Å². The molecule has 40 heavy (non-hydrogen) atoms. The molecule has 0 aromatic heterocycles. The lowest BCUT2D eigenvalue weighted by Gasteiger charge is -2.39. The third kappa shape index (κ3) is 4.15. The summed E-state index contributed by atoms with van der Waals surface area (Å²) in [6.45, 7) is 4.35. The van der Waals surface area contributed by atoms with Gasteiger partial charge in [-0.05, 0) is 94.1 Å². The molecule has 1 heterocycles. The van der Waals surface area contributed by atoms with Crippen LogP contribution in [0.1, 0.15) is 65.1 Å². The number of anilines is 1. The smallest absolute Gasteiger partial charge is 0.160 e. The van der Waals surface area contributed by atoms with Gasteiger partial charge >= 0.3 is 0 Å². The fraction of sp³-hybridized carbons (Fsp3) is 0.265. The monoisotopic (exact) mass is 533 g/mol. The Morgan fingerprint density at radius 1 is 0.900 bits per heavy atom. The molecule has 4 aromatic carbocycles. The van der Waals surface area contributed by atoms with Gasteiger partial charge in [-0.3, -0.25) is 5.41 Å². The van der Waals surface area contributed by atoms with E-state index in [4.69, 9.17) is 20.6 Å². The molecular formula is C34H35N3O3. The normalized spacial score (nSPS) is 18.9. The van der Waals surface area contributed by atoms with Crippen LogP contribution in [0, 0.1) is 11.3 Å². The van der Waals surface area contributed by atoms with Crippen LogP contribution in [0.5, 0.6) is 17.2 Å². The van der Waals surface area contributed by atoms with Gasteiger partial charge in [0.15, 0.2) is 11.5 Å². The van der Waals surface area contributed by atoms with Crippen molar-refractivity contribution < 1.29 is 14.6 Å². The van der Waals surface area contributed by atoms with Crippen LogP contribution < -0.4 is 20.5 Å². The molecule has 3 atom stereocenters. The lowest BCUT2D eigenvalue weighted by Crippen LogP contribution is -2.31. The summed E-state index contributed by atoms with van der Waals surface area (Å²) in [5.74, 6) is 2.01. The molecule has 6 heteroatoms. The van der Waals surface area contributed by atoms with Crippen molar-refractivity contribution in [1.82, 2.24) is 0 Å².